The van der Waals surface area contributed by atoms with E-state index in [4.69, 9.17) is 18.0 Å². The molecule has 0 unspecified atom stereocenters. The molecule has 4 nitrogen and oxygen atoms in total. The van der Waals surface area contributed by atoms with Crippen molar-refractivity contribution in [3.05, 3.63) is 58.2 Å². The molecule has 2 rings (SSSR count). The fourth-order valence-corrected chi connectivity index (χ4v) is 1.81. The van der Waals surface area contributed by atoms with Crippen molar-refractivity contribution in [2.75, 3.05) is 5.32 Å². The molecule has 1 heterocycles. The van der Waals surface area contributed by atoms with Crippen LogP contribution in [-0.2, 0) is 0 Å². The summed E-state index contributed by atoms with van der Waals surface area (Å²) in [4.78, 5) is 16.4. The summed E-state index contributed by atoms with van der Waals surface area (Å²) < 4.78 is 0.848. The lowest BCUT2D eigenvalue weighted by atomic mass is 10.1. The summed E-state index contributed by atoms with van der Waals surface area (Å²) in [5.41, 5.74) is 6.67. The largest absolute Gasteiger partial charge is 0.389 e. The Hall–Kier alpha value is -1.79. The van der Waals surface area contributed by atoms with Gasteiger partial charge in [-0.3, -0.25) is 4.79 Å². The zero-order valence-electron chi connectivity index (χ0n) is 9.76. The first-order valence-corrected chi connectivity index (χ1v) is 6.59. The Bertz CT molecular complexity index is 628. The summed E-state index contributed by atoms with van der Waals surface area (Å²) in [5.74, 6) is 0.224. The van der Waals surface area contributed by atoms with E-state index in [2.05, 4.69) is 26.2 Å². The molecule has 2 aromatic rings. The zero-order chi connectivity index (χ0) is 13.8. The number of rotatable bonds is 3. The Kier molecular flexibility index (Phi) is 4.24. The van der Waals surface area contributed by atoms with Crippen molar-refractivity contribution in [3.63, 3.8) is 0 Å². The summed E-state index contributed by atoms with van der Waals surface area (Å²) >= 11 is 8.16. The summed E-state index contributed by atoms with van der Waals surface area (Å²) in [6.45, 7) is 0. The van der Waals surface area contributed by atoms with Crippen LogP contribution < -0.4 is 11.1 Å². The average Bonchev–Trinajstić information content (AvgIpc) is 2.41. The number of hydrogen-bond donors (Lipinski definition) is 2. The molecule has 0 atom stereocenters. The number of anilines is 1. The van der Waals surface area contributed by atoms with Crippen LogP contribution in [0.5, 0.6) is 0 Å². The van der Waals surface area contributed by atoms with Gasteiger partial charge < -0.3 is 11.1 Å². The van der Waals surface area contributed by atoms with Crippen LogP contribution in [0.4, 0.5) is 5.82 Å². The number of aromatic nitrogens is 1. The van der Waals surface area contributed by atoms with Gasteiger partial charge in [0.2, 0.25) is 0 Å². The topological polar surface area (TPSA) is 68.0 Å². The predicted octanol–water partition coefficient (Wildman–Crippen LogP) is 2.73. The minimum Gasteiger partial charge on any atom is -0.389 e. The van der Waals surface area contributed by atoms with Gasteiger partial charge in [-0.25, -0.2) is 4.98 Å². The Morgan fingerprint density at radius 3 is 2.63 bits per heavy atom. The molecule has 1 aromatic heterocycles. The molecule has 96 valence electrons. The summed E-state index contributed by atoms with van der Waals surface area (Å²) in [7, 11) is 0. The molecule has 0 radical (unpaired) electrons. The van der Waals surface area contributed by atoms with E-state index in [1.165, 1.54) is 0 Å². The Morgan fingerprint density at radius 2 is 2.00 bits per heavy atom. The molecular formula is C13H10BrN3OS. The smallest absolute Gasteiger partial charge is 0.256 e. The molecule has 6 heteroatoms. The lowest BCUT2D eigenvalue weighted by molar-refractivity contribution is 0.102. The molecule has 0 aliphatic heterocycles. The predicted molar refractivity (Wildman–Crippen MR) is 82.2 cm³/mol. The number of hydrogen-bond acceptors (Lipinski definition) is 3. The normalized spacial score (nSPS) is 9.95. The molecule has 0 aliphatic carbocycles. The van der Waals surface area contributed by atoms with Gasteiger partial charge in [0, 0.05) is 21.8 Å². The number of benzene rings is 1. The maximum atomic E-state index is 12.0. The second-order valence-electron chi connectivity index (χ2n) is 3.76. The fraction of sp³-hybridized carbons (Fsp3) is 0. The van der Waals surface area contributed by atoms with Crippen molar-refractivity contribution in [1.29, 1.82) is 0 Å². The lowest BCUT2D eigenvalue weighted by Gasteiger charge is -2.06. The van der Waals surface area contributed by atoms with Crippen LogP contribution in [0.15, 0.2) is 47.1 Å². The van der Waals surface area contributed by atoms with Crippen LogP contribution in [-0.4, -0.2) is 15.9 Å². The van der Waals surface area contributed by atoms with E-state index in [-0.39, 0.29) is 10.9 Å². The number of nitrogens with zero attached hydrogens (tertiary/aromatic N) is 1. The average molecular weight is 336 g/mol. The van der Waals surface area contributed by atoms with Gasteiger partial charge in [-0.05, 0) is 40.2 Å². The highest BCUT2D eigenvalue weighted by Crippen LogP contribution is 2.12. The highest BCUT2D eigenvalue weighted by Gasteiger charge is 2.08. The third kappa shape index (κ3) is 3.59. The molecular weight excluding hydrogens is 326 g/mol. The van der Waals surface area contributed by atoms with Gasteiger partial charge in [0.1, 0.15) is 10.8 Å². The van der Waals surface area contributed by atoms with E-state index < -0.39 is 0 Å². The number of carbonyl (C=O) groups is 1. The molecule has 0 saturated heterocycles. The lowest BCUT2D eigenvalue weighted by Crippen LogP contribution is -2.15. The molecule has 0 aliphatic rings. The van der Waals surface area contributed by atoms with Gasteiger partial charge in [-0.15, -0.1) is 0 Å². The van der Waals surface area contributed by atoms with E-state index in [0.717, 1.165) is 4.47 Å². The van der Waals surface area contributed by atoms with Gasteiger partial charge in [0.15, 0.2) is 0 Å². The third-order valence-corrected chi connectivity index (χ3v) is 3.08. The summed E-state index contributed by atoms with van der Waals surface area (Å²) in [5, 5.41) is 2.70. The van der Waals surface area contributed by atoms with Crippen molar-refractivity contribution in [3.8, 4) is 0 Å². The van der Waals surface area contributed by atoms with E-state index in [1.54, 1.807) is 42.6 Å². The van der Waals surface area contributed by atoms with E-state index >= 15 is 0 Å². The highest BCUT2D eigenvalue weighted by molar-refractivity contribution is 9.10. The molecule has 0 bridgehead atoms. The molecule has 0 spiro atoms. The number of nitrogens with one attached hydrogen (secondary N) is 1. The van der Waals surface area contributed by atoms with Crippen LogP contribution in [0.3, 0.4) is 0 Å². The van der Waals surface area contributed by atoms with Crippen LogP contribution in [0.1, 0.15) is 15.9 Å². The Morgan fingerprint density at radius 1 is 1.26 bits per heavy atom. The van der Waals surface area contributed by atoms with Crippen LogP contribution >= 0.6 is 28.1 Å². The standard InChI is InChI=1S/C13H10BrN3OS/c14-10-4-5-11(16-7-10)17-13(18)9-3-1-2-8(6-9)12(15)19/h1-7H,(H2,15,19)(H,16,17,18). The first-order valence-electron chi connectivity index (χ1n) is 5.39. The second kappa shape index (κ2) is 5.90. The van der Waals surface area contributed by atoms with Crippen LogP contribution in [0, 0.1) is 0 Å². The third-order valence-electron chi connectivity index (χ3n) is 2.38. The number of pyridine rings is 1. The van der Waals surface area contributed by atoms with Crippen LogP contribution in [0.2, 0.25) is 0 Å². The minimum absolute atomic E-state index is 0.257. The van der Waals surface area contributed by atoms with Crippen molar-refractivity contribution < 1.29 is 4.79 Å². The van der Waals surface area contributed by atoms with Gasteiger partial charge >= 0.3 is 0 Å². The number of halogens is 1. The van der Waals surface area contributed by atoms with E-state index in [1.807, 2.05) is 0 Å². The number of thiocarbonyl (C=S) groups is 1. The Labute approximate surface area is 124 Å². The Balaban J connectivity index is 2.18. The van der Waals surface area contributed by atoms with Crippen molar-refractivity contribution in [2.24, 2.45) is 5.73 Å². The van der Waals surface area contributed by atoms with Gasteiger partial charge in [-0.1, -0.05) is 24.4 Å². The highest BCUT2D eigenvalue weighted by atomic mass is 79.9. The maximum Gasteiger partial charge on any atom is 0.256 e. The first-order chi connectivity index (χ1) is 9.06. The fourth-order valence-electron chi connectivity index (χ4n) is 1.45. The molecule has 0 fully saturated rings. The summed E-state index contributed by atoms with van der Waals surface area (Å²) in [6, 6.07) is 10.3. The minimum atomic E-state index is -0.257. The second-order valence-corrected chi connectivity index (χ2v) is 5.12. The van der Waals surface area contributed by atoms with E-state index in [0.29, 0.717) is 16.9 Å². The first kappa shape index (κ1) is 13.6. The number of nitrogens with two attached hydrogens (primary N) is 1. The van der Waals surface area contributed by atoms with Crippen LogP contribution in [0.25, 0.3) is 0 Å². The quantitative estimate of drug-likeness (QED) is 0.846. The molecule has 0 saturated carbocycles. The monoisotopic (exact) mass is 335 g/mol. The van der Waals surface area contributed by atoms with Crippen molar-refractivity contribution >= 4 is 44.9 Å². The zero-order valence-corrected chi connectivity index (χ0v) is 12.2. The maximum absolute atomic E-state index is 12.0. The molecule has 1 aromatic carbocycles. The van der Waals surface area contributed by atoms with Crippen molar-refractivity contribution in [1.82, 2.24) is 4.98 Å². The molecule has 3 N–H and O–H groups in total. The number of carbonyl (C=O) groups excluding carboxylic acids is 1. The SMILES string of the molecule is NC(=S)c1cccc(C(=O)Nc2ccc(Br)cn2)c1. The van der Waals surface area contributed by atoms with Gasteiger partial charge in [0.25, 0.3) is 5.91 Å². The number of amides is 1. The summed E-state index contributed by atoms with van der Waals surface area (Å²) in [6.07, 6.45) is 1.61. The molecule has 1 amide bonds. The van der Waals surface area contributed by atoms with Gasteiger partial charge in [-0.2, -0.15) is 0 Å². The van der Waals surface area contributed by atoms with Gasteiger partial charge in [0.05, 0.1) is 0 Å². The molecule has 19 heavy (non-hydrogen) atoms. The van der Waals surface area contributed by atoms with Crippen molar-refractivity contribution in [2.45, 2.75) is 0 Å². The van der Waals surface area contributed by atoms with E-state index in [9.17, 15) is 4.79 Å².